The molecule has 124 valence electrons. The van der Waals surface area contributed by atoms with Crippen molar-refractivity contribution in [3.05, 3.63) is 11.8 Å². The summed E-state index contributed by atoms with van der Waals surface area (Å²) in [5, 5.41) is 17.4. The van der Waals surface area contributed by atoms with Gasteiger partial charge in [0.05, 0.1) is 6.04 Å². The third kappa shape index (κ3) is 3.19. The fourth-order valence-electron chi connectivity index (χ4n) is 4.05. The zero-order chi connectivity index (χ0) is 15.6. The molecule has 0 saturated carbocycles. The standard InChI is InChI=1S/C16H28N4O2/c1-3-19-8-5-16(6-9-19)11-14(15-18-17-13(2)22-15)20(12-16)7-4-10-21/h14,21H,3-12H2,1-2H3. The van der Waals surface area contributed by atoms with E-state index in [-0.39, 0.29) is 12.6 Å². The summed E-state index contributed by atoms with van der Waals surface area (Å²) >= 11 is 0. The first-order valence-electron chi connectivity index (χ1n) is 8.53. The van der Waals surface area contributed by atoms with E-state index in [4.69, 9.17) is 4.42 Å². The molecular weight excluding hydrogens is 280 g/mol. The number of nitrogens with zero attached hydrogens (tertiary/aromatic N) is 4. The van der Waals surface area contributed by atoms with Crippen molar-refractivity contribution < 1.29 is 9.52 Å². The van der Waals surface area contributed by atoms with Crippen LogP contribution in [0.3, 0.4) is 0 Å². The van der Waals surface area contributed by atoms with E-state index in [1.165, 1.54) is 25.9 Å². The minimum atomic E-state index is 0.223. The minimum Gasteiger partial charge on any atom is -0.424 e. The van der Waals surface area contributed by atoms with Gasteiger partial charge in [0.25, 0.3) is 0 Å². The van der Waals surface area contributed by atoms with Crippen molar-refractivity contribution in [3.8, 4) is 0 Å². The molecule has 1 aromatic rings. The summed E-state index contributed by atoms with van der Waals surface area (Å²) in [5.41, 5.74) is 0.383. The molecule has 22 heavy (non-hydrogen) atoms. The highest BCUT2D eigenvalue weighted by atomic mass is 16.4. The van der Waals surface area contributed by atoms with Crippen LogP contribution in [-0.2, 0) is 0 Å². The Morgan fingerprint density at radius 1 is 1.32 bits per heavy atom. The molecule has 6 heteroatoms. The summed E-state index contributed by atoms with van der Waals surface area (Å²) in [7, 11) is 0. The number of likely N-dealkylation sites (tertiary alicyclic amines) is 2. The fourth-order valence-corrected chi connectivity index (χ4v) is 4.05. The van der Waals surface area contributed by atoms with Crippen molar-refractivity contribution in [2.75, 3.05) is 39.3 Å². The number of aliphatic hydroxyl groups is 1. The average molecular weight is 308 g/mol. The Morgan fingerprint density at radius 2 is 2.09 bits per heavy atom. The second kappa shape index (κ2) is 6.64. The second-order valence-electron chi connectivity index (χ2n) is 6.86. The molecule has 0 bridgehead atoms. The summed E-state index contributed by atoms with van der Waals surface area (Å²) in [6.07, 6.45) is 4.42. The van der Waals surface area contributed by atoms with Crippen molar-refractivity contribution >= 4 is 0 Å². The van der Waals surface area contributed by atoms with E-state index in [0.29, 0.717) is 11.3 Å². The third-order valence-corrected chi connectivity index (χ3v) is 5.40. The van der Waals surface area contributed by atoms with E-state index in [9.17, 15) is 5.11 Å². The number of aromatic nitrogens is 2. The van der Waals surface area contributed by atoms with E-state index in [0.717, 1.165) is 38.4 Å². The summed E-state index contributed by atoms with van der Waals surface area (Å²) < 4.78 is 5.72. The molecule has 2 fully saturated rings. The largest absolute Gasteiger partial charge is 0.424 e. The Morgan fingerprint density at radius 3 is 2.68 bits per heavy atom. The quantitative estimate of drug-likeness (QED) is 0.891. The van der Waals surface area contributed by atoms with Crippen LogP contribution in [0.1, 0.15) is 50.4 Å². The molecule has 3 rings (SSSR count). The first-order valence-corrected chi connectivity index (χ1v) is 8.53. The van der Waals surface area contributed by atoms with Crippen molar-refractivity contribution in [2.24, 2.45) is 5.41 Å². The van der Waals surface area contributed by atoms with Gasteiger partial charge in [0.15, 0.2) is 0 Å². The van der Waals surface area contributed by atoms with Crippen LogP contribution in [0, 0.1) is 12.3 Å². The van der Waals surface area contributed by atoms with Crippen LogP contribution in [0.5, 0.6) is 0 Å². The molecule has 1 unspecified atom stereocenters. The normalized spacial score (nSPS) is 26.0. The highest BCUT2D eigenvalue weighted by Crippen LogP contribution is 2.48. The van der Waals surface area contributed by atoms with Crippen molar-refractivity contribution in [3.63, 3.8) is 0 Å². The minimum absolute atomic E-state index is 0.223. The molecular formula is C16H28N4O2. The van der Waals surface area contributed by atoms with Gasteiger partial charge in [0, 0.05) is 26.6 Å². The molecule has 1 atom stereocenters. The lowest BCUT2D eigenvalue weighted by molar-refractivity contribution is 0.110. The topological polar surface area (TPSA) is 65.6 Å². The van der Waals surface area contributed by atoms with Crippen LogP contribution >= 0.6 is 0 Å². The molecule has 1 spiro atoms. The summed E-state index contributed by atoms with van der Waals surface area (Å²) in [5.74, 6) is 1.39. The maximum absolute atomic E-state index is 9.17. The lowest BCUT2D eigenvalue weighted by atomic mass is 9.76. The van der Waals surface area contributed by atoms with E-state index in [1.54, 1.807) is 0 Å². The smallest absolute Gasteiger partial charge is 0.233 e. The molecule has 2 aliphatic rings. The predicted octanol–water partition coefficient (Wildman–Crippen LogP) is 1.61. The van der Waals surface area contributed by atoms with Crippen LogP contribution in [0.2, 0.25) is 0 Å². The predicted molar refractivity (Wildman–Crippen MR) is 83.4 cm³/mol. The molecule has 6 nitrogen and oxygen atoms in total. The lowest BCUT2D eigenvalue weighted by Gasteiger charge is -2.39. The second-order valence-corrected chi connectivity index (χ2v) is 6.86. The Balaban J connectivity index is 1.73. The average Bonchev–Trinajstić information content (AvgIpc) is 3.10. The van der Waals surface area contributed by atoms with Crippen molar-refractivity contribution in [2.45, 2.75) is 45.6 Å². The molecule has 0 amide bonds. The van der Waals surface area contributed by atoms with Gasteiger partial charge in [0.1, 0.15) is 0 Å². The lowest BCUT2D eigenvalue weighted by Crippen LogP contribution is -2.41. The van der Waals surface area contributed by atoms with Crippen LogP contribution in [0.4, 0.5) is 0 Å². The first kappa shape index (κ1) is 15.9. The van der Waals surface area contributed by atoms with Gasteiger partial charge in [-0.25, -0.2) is 0 Å². The van der Waals surface area contributed by atoms with Gasteiger partial charge < -0.3 is 14.4 Å². The van der Waals surface area contributed by atoms with Crippen LogP contribution in [-0.4, -0.2) is 64.4 Å². The van der Waals surface area contributed by atoms with Crippen molar-refractivity contribution in [1.29, 1.82) is 0 Å². The third-order valence-electron chi connectivity index (χ3n) is 5.40. The highest BCUT2D eigenvalue weighted by Gasteiger charge is 2.47. The maximum atomic E-state index is 9.17. The molecule has 2 aliphatic heterocycles. The van der Waals surface area contributed by atoms with E-state index < -0.39 is 0 Å². The zero-order valence-corrected chi connectivity index (χ0v) is 13.8. The van der Waals surface area contributed by atoms with Crippen LogP contribution < -0.4 is 0 Å². The number of aryl methyl sites for hydroxylation is 1. The Kier molecular flexibility index (Phi) is 4.80. The van der Waals surface area contributed by atoms with Crippen LogP contribution in [0.15, 0.2) is 4.42 Å². The molecule has 3 heterocycles. The van der Waals surface area contributed by atoms with Gasteiger partial charge in [-0.3, -0.25) is 4.90 Å². The molecule has 1 N–H and O–H groups in total. The van der Waals surface area contributed by atoms with Gasteiger partial charge in [-0.2, -0.15) is 0 Å². The summed E-state index contributed by atoms with van der Waals surface area (Å²) in [4.78, 5) is 4.98. The van der Waals surface area contributed by atoms with Gasteiger partial charge >= 0.3 is 0 Å². The van der Waals surface area contributed by atoms with E-state index in [2.05, 4.69) is 26.9 Å². The number of rotatable bonds is 5. The van der Waals surface area contributed by atoms with Gasteiger partial charge in [-0.1, -0.05) is 6.92 Å². The zero-order valence-electron chi connectivity index (χ0n) is 13.8. The molecule has 0 aromatic carbocycles. The van der Waals surface area contributed by atoms with E-state index in [1.807, 2.05) is 6.92 Å². The monoisotopic (exact) mass is 308 g/mol. The highest BCUT2D eigenvalue weighted by molar-refractivity contribution is 5.04. The number of hydrogen-bond acceptors (Lipinski definition) is 6. The van der Waals surface area contributed by atoms with Gasteiger partial charge in [0.2, 0.25) is 11.8 Å². The Hall–Kier alpha value is -0.980. The Bertz CT molecular complexity index is 482. The molecule has 2 saturated heterocycles. The van der Waals surface area contributed by atoms with Gasteiger partial charge in [-0.05, 0) is 50.7 Å². The molecule has 0 aliphatic carbocycles. The molecule has 1 aromatic heterocycles. The van der Waals surface area contributed by atoms with Gasteiger partial charge in [-0.15, -0.1) is 10.2 Å². The maximum Gasteiger partial charge on any atom is 0.233 e. The van der Waals surface area contributed by atoms with E-state index >= 15 is 0 Å². The Labute approximate surface area is 132 Å². The SMILES string of the molecule is CCN1CCC2(CC1)CC(c1nnc(C)o1)N(CCCO)C2. The number of hydrogen-bond donors (Lipinski definition) is 1. The van der Waals surface area contributed by atoms with Crippen molar-refractivity contribution in [1.82, 2.24) is 20.0 Å². The fraction of sp³-hybridized carbons (Fsp3) is 0.875. The summed E-state index contributed by atoms with van der Waals surface area (Å²) in [6, 6.07) is 0.223. The summed E-state index contributed by atoms with van der Waals surface area (Å²) in [6.45, 7) is 9.86. The first-order chi connectivity index (χ1) is 10.7. The molecule has 0 radical (unpaired) electrons. The van der Waals surface area contributed by atoms with Crippen LogP contribution in [0.25, 0.3) is 0 Å². The number of piperidine rings is 1. The number of aliphatic hydroxyl groups excluding tert-OH is 1.